The monoisotopic (exact) mass is 311 g/mol. The first kappa shape index (κ1) is 15.6. The molecule has 0 unspecified atom stereocenters. The molecule has 7 heteroatoms. The van der Waals surface area contributed by atoms with Gasteiger partial charge in [-0.05, 0) is 12.1 Å². The number of nitrogens with one attached hydrogen (secondary N) is 2. The minimum atomic E-state index is -0.626. The highest BCUT2D eigenvalue weighted by molar-refractivity contribution is 6.35. The van der Waals surface area contributed by atoms with Crippen molar-refractivity contribution in [1.29, 1.82) is 0 Å². The number of hydrogen-bond acceptors (Lipinski definition) is 4. The number of methoxy groups -OCH3 is 1. The van der Waals surface area contributed by atoms with E-state index in [2.05, 4.69) is 10.6 Å². The first-order chi connectivity index (χ1) is 10.1. The van der Waals surface area contributed by atoms with Crippen LogP contribution in [-0.4, -0.2) is 50.0 Å². The highest BCUT2D eigenvalue weighted by Gasteiger charge is 2.23. The lowest BCUT2D eigenvalue weighted by Gasteiger charge is -2.26. The lowest BCUT2D eigenvalue weighted by Crippen LogP contribution is -2.51. The van der Waals surface area contributed by atoms with Crippen molar-refractivity contribution in [1.82, 2.24) is 15.5 Å². The largest absolute Gasteiger partial charge is 0.496 e. The summed E-state index contributed by atoms with van der Waals surface area (Å²) in [6.07, 6.45) is 0. The van der Waals surface area contributed by atoms with Gasteiger partial charge in [0.1, 0.15) is 5.75 Å². The summed E-state index contributed by atoms with van der Waals surface area (Å²) in [7, 11) is 1.53. The zero-order chi connectivity index (χ0) is 15.2. The number of hydrogen-bond donors (Lipinski definition) is 2. The Labute approximate surface area is 128 Å². The molecule has 1 aromatic carbocycles. The predicted octanol–water partition coefficient (Wildman–Crippen LogP) is 0.397. The molecular formula is C14H18ClN3O3. The molecule has 2 rings (SSSR count). The van der Waals surface area contributed by atoms with Gasteiger partial charge in [0.05, 0.1) is 7.11 Å². The van der Waals surface area contributed by atoms with Crippen LogP contribution >= 0.6 is 11.6 Å². The summed E-state index contributed by atoms with van der Waals surface area (Å²) in [6.45, 7) is 2.65. The average Bonchev–Trinajstić information content (AvgIpc) is 2.53. The highest BCUT2D eigenvalue weighted by Crippen LogP contribution is 2.25. The van der Waals surface area contributed by atoms with Crippen molar-refractivity contribution in [2.45, 2.75) is 6.54 Å². The van der Waals surface area contributed by atoms with Gasteiger partial charge >= 0.3 is 11.8 Å². The second kappa shape index (κ2) is 7.28. The van der Waals surface area contributed by atoms with Gasteiger partial charge in [0.2, 0.25) is 0 Å². The molecule has 2 N–H and O–H groups in total. The number of carbonyl (C=O) groups is 2. The number of nitrogens with zero attached hydrogens (tertiary/aromatic N) is 1. The quantitative estimate of drug-likeness (QED) is 0.793. The van der Waals surface area contributed by atoms with Gasteiger partial charge in [-0.2, -0.15) is 0 Å². The molecule has 1 aliphatic rings. The number of benzene rings is 1. The molecule has 2 amide bonds. The third-order valence-corrected chi connectivity index (χ3v) is 3.67. The Hall–Kier alpha value is -1.79. The summed E-state index contributed by atoms with van der Waals surface area (Å²) in [4.78, 5) is 25.4. The maximum atomic E-state index is 12.0. The first-order valence-corrected chi connectivity index (χ1v) is 7.10. The normalized spacial score (nSPS) is 14.7. The predicted molar refractivity (Wildman–Crippen MR) is 79.3 cm³/mol. The molecule has 21 heavy (non-hydrogen) atoms. The summed E-state index contributed by atoms with van der Waals surface area (Å²) in [5.74, 6) is -0.557. The number of amides is 2. The fourth-order valence-electron chi connectivity index (χ4n) is 2.16. The fourth-order valence-corrected chi connectivity index (χ4v) is 2.39. The zero-order valence-electron chi connectivity index (χ0n) is 11.8. The molecule has 0 bridgehead atoms. The molecule has 0 aliphatic carbocycles. The van der Waals surface area contributed by atoms with Crippen molar-refractivity contribution >= 4 is 23.4 Å². The average molecular weight is 312 g/mol. The van der Waals surface area contributed by atoms with E-state index in [-0.39, 0.29) is 6.54 Å². The van der Waals surface area contributed by atoms with E-state index in [4.69, 9.17) is 16.3 Å². The van der Waals surface area contributed by atoms with Gasteiger partial charge in [0, 0.05) is 43.3 Å². The van der Waals surface area contributed by atoms with E-state index in [0.717, 1.165) is 0 Å². The molecule has 1 heterocycles. The summed E-state index contributed by atoms with van der Waals surface area (Å²) in [5, 5.41) is 6.22. The Bertz CT molecular complexity index is 530. The van der Waals surface area contributed by atoms with Crippen LogP contribution in [0.15, 0.2) is 18.2 Å². The van der Waals surface area contributed by atoms with Crippen LogP contribution in [0.2, 0.25) is 5.02 Å². The standard InChI is InChI=1S/C14H18ClN3O3/c1-21-12-4-2-3-11(15)10(12)9-17-13(19)14(20)18-7-5-16-6-8-18/h2-4,16H,5-9H2,1H3,(H,17,19). The van der Waals surface area contributed by atoms with Crippen LogP contribution in [0.4, 0.5) is 0 Å². The number of piperazine rings is 1. The van der Waals surface area contributed by atoms with Crippen molar-refractivity contribution in [3.63, 3.8) is 0 Å². The topological polar surface area (TPSA) is 70.7 Å². The van der Waals surface area contributed by atoms with Gasteiger partial charge < -0.3 is 20.3 Å². The van der Waals surface area contributed by atoms with Gasteiger partial charge in [0.25, 0.3) is 0 Å². The number of halogens is 1. The van der Waals surface area contributed by atoms with E-state index in [1.54, 1.807) is 18.2 Å². The van der Waals surface area contributed by atoms with E-state index in [1.165, 1.54) is 12.0 Å². The van der Waals surface area contributed by atoms with Crippen molar-refractivity contribution in [3.05, 3.63) is 28.8 Å². The van der Waals surface area contributed by atoms with Gasteiger partial charge in [-0.3, -0.25) is 9.59 Å². The third-order valence-electron chi connectivity index (χ3n) is 3.32. The van der Waals surface area contributed by atoms with Crippen LogP contribution < -0.4 is 15.4 Å². The summed E-state index contributed by atoms with van der Waals surface area (Å²) in [5.41, 5.74) is 0.656. The molecule has 1 fully saturated rings. The lowest BCUT2D eigenvalue weighted by molar-refractivity contribution is -0.146. The van der Waals surface area contributed by atoms with Crippen molar-refractivity contribution in [3.8, 4) is 5.75 Å². The maximum absolute atomic E-state index is 12.0. The van der Waals surface area contributed by atoms with Crippen LogP contribution in [0.1, 0.15) is 5.56 Å². The molecule has 0 atom stereocenters. The number of ether oxygens (including phenoxy) is 1. The van der Waals surface area contributed by atoms with Gasteiger partial charge in [-0.15, -0.1) is 0 Å². The minimum absolute atomic E-state index is 0.152. The molecule has 1 aromatic rings. The van der Waals surface area contributed by atoms with Gasteiger partial charge in [-0.1, -0.05) is 17.7 Å². The van der Waals surface area contributed by atoms with Crippen LogP contribution in [0.3, 0.4) is 0 Å². The van der Waals surface area contributed by atoms with Crippen LogP contribution in [-0.2, 0) is 16.1 Å². The Kier molecular flexibility index (Phi) is 5.41. The van der Waals surface area contributed by atoms with E-state index < -0.39 is 11.8 Å². The van der Waals surface area contributed by atoms with Crippen LogP contribution in [0.25, 0.3) is 0 Å². The molecule has 0 saturated carbocycles. The number of carbonyl (C=O) groups excluding carboxylic acids is 2. The second-order valence-corrected chi connectivity index (χ2v) is 5.05. The summed E-state index contributed by atoms with van der Waals surface area (Å²) >= 11 is 6.08. The van der Waals surface area contributed by atoms with E-state index in [0.29, 0.717) is 42.5 Å². The SMILES string of the molecule is COc1cccc(Cl)c1CNC(=O)C(=O)N1CCNCC1. The highest BCUT2D eigenvalue weighted by atomic mass is 35.5. The van der Waals surface area contributed by atoms with Crippen LogP contribution in [0.5, 0.6) is 5.75 Å². The Balaban J connectivity index is 1.96. The molecule has 0 aromatic heterocycles. The lowest BCUT2D eigenvalue weighted by atomic mass is 10.2. The second-order valence-electron chi connectivity index (χ2n) is 4.65. The van der Waals surface area contributed by atoms with Crippen molar-refractivity contribution in [2.75, 3.05) is 33.3 Å². The smallest absolute Gasteiger partial charge is 0.311 e. The Morgan fingerprint density at radius 1 is 1.38 bits per heavy atom. The molecular weight excluding hydrogens is 294 g/mol. The molecule has 0 radical (unpaired) electrons. The third kappa shape index (κ3) is 3.86. The van der Waals surface area contributed by atoms with E-state index in [9.17, 15) is 9.59 Å². The molecule has 1 saturated heterocycles. The summed E-state index contributed by atoms with van der Waals surface area (Å²) < 4.78 is 5.20. The van der Waals surface area contributed by atoms with Crippen molar-refractivity contribution < 1.29 is 14.3 Å². The van der Waals surface area contributed by atoms with Gasteiger partial charge in [0.15, 0.2) is 0 Å². The Morgan fingerprint density at radius 2 is 2.10 bits per heavy atom. The molecule has 0 spiro atoms. The van der Waals surface area contributed by atoms with Gasteiger partial charge in [-0.25, -0.2) is 0 Å². The van der Waals surface area contributed by atoms with E-state index >= 15 is 0 Å². The maximum Gasteiger partial charge on any atom is 0.311 e. The first-order valence-electron chi connectivity index (χ1n) is 6.72. The van der Waals surface area contributed by atoms with Crippen molar-refractivity contribution in [2.24, 2.45) is 0 Å². The summed E-state index contributed by atoms with van der Waals surface area (Å²) in [6, 6.07) is 5.23. The molecule has 114 valence electrons. The molecule has 6 nitrogen and oxygen atoms in total. The molecule has 1 aliphatic heterocycles. The Morgan fingerprint density at radius 3 is 2.76 bits per heavy atom. The zero-order valence-corrected chi connectivity index (χ0v) is 12.6. The fraction of sp³-hybridized carbons (Fsp3) is 0.429. The number of rotatable bonds is 3. The van der Waals surface area contributed by atoms with E-state index in [1.807, 2.05) is 0 Å². The minimum Gasteiger partial charge on any atom is -0.496 e. The van der Waals surface area contributed by atoms with Crippen LogP contribution in [0, 0.1) is 0 Å².